The Bertz CT molecular complexity index is 3070. The summed E-state index contributed by atoms with van der Waals surface area (Å²) in [5.74, 6) is -8.18. The van der Waals surface area contributed by atoms with Crippen molar-refractivity contribution in [3.8, 4) is 0 Å². The molecule has 0 aromatic heterocycles. The summed E-state index contributed by atoms with van der Waals surface area (Å²) in [6, 6.07) is 0. The van der Waals surface area contributed by atoms with E-state index in [2.05, 4.69) is 59.1 Å². The number of hydrogen-bond acceptors (Lipinski definition) is 23. The average molecular weight is 1990 g/mol. The predicted molar refractivity (Wildman–Crippen MR) is 554 cm³/mol. The van der Waals surface area contributed by atoms with Gasteiger partial charge in [0.15, 0.2) is 30.9 Å². The average Bonchev–Trinajstić information content (AvgIpc) is 0.745. The molecule has 2 rings (SSSR count). The second-order valence-electron chi connectivity index (χ2n) is 43.0. The van der Waals surface area contributed by atoms with Gasteiger partial charge < -0.3 is 73.8 Å². The van der Waals surface area contributed by atoms with Crippen molar-refractivity contribution in [3.05, 3.63) is 0 Å². The molecule has 21 atom stereocenters. The number of unbranched alkanes of at least 4 members (excludes halogenated alkanes) is 48. The van der Waals surface area contributed by atoms with Gasteiger partial charge in [-0.05, 0) is 82.5 Å². The Hall–Kier alpha value is -3.72. The van der Waals surface area contributed by atoms with Crippen molar-refractivity contribution in [1.29, 1.82) is 0 Å². The van der Waals surface area contributed by atoms with Crippen molar-refractivity contribution in [2.45, 2.75) is 619 Å². The summed E-state index contributed by atoms with van der Waals surface area (Å²) in [6.45, 7) is 29.0. The molecule has 138 heavy (non-hydrogen) atoms. The van der Waals surface area contributed by atoms with Gasteiger partial charge in [-0.2, -0.15) is 14.3 Å². The molecule has 0 bridgehead atoms. The lowest BCUT2D eigenvalue weighted by molar-refractivity contribution is -0.327. The maximum Gasteiger partial charge on any atom is 0.374 e. The molecule has 2 amide bonds. The number of nitrogens with one attached hydrogen (secondary N) is 2. The summed E-state index contributed by atoms with van der Waals surface area (Å²) >= 11 is 0. The largest absolute Gasteiger partial charge is 0.606 e. The number of phosphoric ester groups is 1. The Morgan fingerprint density at radius 3 is 0.935 bits per heavy atom. The van der Waals surface area contributed by atoms with Crippen LogP contribution in [0.1, 0.15) is 536 Å². The first-order valence-electron chi connectivity index (χ1n) is 57.1. The summed E-state index contributed by atoms with van der Waals surface area (Å²) in [6.07, 6.45) is 40.1. The van der Waals surface area contributed by atoms with Gasteiger partial charge in [0.1, 0.15) is 47.7 Å². The molecular formula is C112H213N2O23P. The number of esters is 5. The highest BCUT2D eigenvalue weighted by atomic mass is 31.2. The zero-order valence-corrected chi connectivity index (χ0v) is 91.5. The Kier molecular flexibility index (Phi) is 75.1. The van der Waals surface area contributed by atoms with Gasteiger partial charge in [0.2, 0.25) is 11.8 Å². The highest BCUT2D eigenvalue weighted by molar-refractivity contribution is 7.51. The third-order valence-electron chi connectivity index (χ3n) is 29.7. The van der Waals surface area contributed by atoms with E-state index in [1.807, 2.05) is 48.5 Å². The van der Waals surface area contributed by atoms with Crippen LogP contribution in [0.2, 0.25) is 0 Å². The van der Waals surface area contributed by atoms with E-state index >= 15 is 14.4 Å². The minimum atomic E-state index is -5.72. The van der Waals surface area contributed by atoms with E-state index in [-0.39, 0.29) is 13.3 Å². The topological polar surface area (TPSA) is 371 Å². The lowest BCUT2D eigenvalue weighted by Gasteiger charge is -2.52. The number of aliphatic hydroxyl groups excluding tert-OH is 4. The minimum Gasteiger partial charge on any atom is -0.606 e. The third-order valence-corrected chi connectivity index (χ3v) is 30.2. The number of aliphatic hydroxyl groups is 4. The normalized spacial score (nSPS) is 22.1. The zero-order valence-electron chi connectivity index (χ0n) is 90.6. The highest BCUT2D eigenvalue weighted by Gasteiger charge is 2.62. The standard InChI is InChI=1S/C112H211N2O23P.H2/c1-17-24-31-38-45-47-48-50-57-64-70-77-90(13)106(122)130-93(86(9)73-66-59-52-41-34-27-20-4)80-98(117)113-111(15)104(135-100(119)79-92(116)85(8)72-65-58-51-40-33-26-19-3)102(121)97(133-109(111)125)84-129-110-112(16,114-99(118)81-94(87(10)74-67-60-53-42-35-28-21-5)131-107(123)89(12)76-69-62-55-44-37-30-23-7)105(103(96(83-115)134-110)137-138(126,127)128)136-101(120)82-95(88(11)75-68-61-54-43-36-29-22-6)132-108(124)91(14)78-71-63-56-49-46-39-32-25-18-2;/h85-97,102-105,109-110,115-116,121,125H,17-84H2,1-16H3,(H,113,117)(H,114,118)(H2,126,127,128);1H. The van der Waals surface area contributed by atoms with Gasteiger partial charge in [0, 0.05) is 1.43 Å². The maximum atomic E-state index is 15.8. The smallest absolute Gasteiger partial charge is 0.374 e. The zero-order chi connectivity index (χ0) is 102. The van der Waals surface area contributed by atoms with E-state index < -0.39 is 203 Å². The minimum absolute atomic E-state index is 0. The summed E-state index contributed by atoms with van der Waals surface area (Å²) in [7, 11) is -5.72. The number of amides is 2. The third kappa shape index (κ3) is 57.4. The van der Waals surface area contributed by atoms with Crippen molar-refractivity contribution < 1.29 is 113 Å². The van der Waals surface area contributed by atoms with E-state index in [0.29, 0.717) is 44.9 Å². The number of ether oxygens (including phenoxy) is 8. The van der Waals surface area contributed by atoms with E-state index in [1.54, 1.807) is 0 Å². The monoisotopic (exact) mass is 1990 g/mol. The molecule has 0 saturated carbocycles. The molecule has 2 saturated heterocycles. The molecule has 0 aliphatic carbocycles. The number of hydrogen-bond donors (Lipinski definition) is 8. The van der Waals surface area contributed by atoms with Crippen molar-refractivity contribution in [2.75, 3.05) is 13.2 Å². The number of carbonyl (C=O) groups excluding carboxylic acids is 7. The Labute approximate surface area is 842 Å². The molecule has 814 valence electrons. The predicted octanol–water partition coefficient (Wildman–Crippen LogP) is 25.5. The van der Waals surface area contributed by atoms with Crippen LogP contribution in [-0.2, 0) is 76.0 Å². The Morgan fingerprint density at radius 1 is 0.362 bits per heavy atom. The molecule has 0 aromatic carbocycles. The molecule has 8 N–H and O–H groups in total. The Morgan fingerprint density at radius 2 is 0.630 bits per heavy atom. The van der Waals surface area contributed by atoms with Crippen molar-refractivity contribution in [2.24, 2.45) is 41.4 Å². The SMILES string of the molecule is CCCCCCCCCCCCCC(C)C(=O)OC(CC(=O)NC1(C)C(O)OC(COC2OC(CO)C(O[P+]([O-])(O)O)C(OC(=O)CC(OC(=O)C(C)CCCCCCCCCCC)C(C)CCCCCCCCC)C2(C)NC(=O)CC(OC(=O)C(C)CCCCCCCCC)C(C)CCCCCCCCC)C(O)C1OC(=O)CC(O)C(C)CCCCCCCCC)C(C)CCCCCCCCC.[HH]. The molecule has 0 aromatic rings. The van der Waals surface area contributed by atoms with E-state index in [1.165, 1.54) is 84.5 Å². The van der Waals surface area contributed by atoms with Crippen LogP contribution in [0.5, 0.6) is 0 Å². The molecule has 0 radical (unpaired) electrons. The summed E-state index contributed by atoms with van der Waals surface area (Å²) in [5, 5.41) is 55.0. The summed E-state index contributed by atoms with van der Waals surface area (Å²) < 4.78 is 57.3. The van der Waals surface area contributed by atoms with Crippen LogP contribution in [0.15, 0.2) is 0 Å². The van der Waals surface area contributed by atoms with E-state index in [0.717, 1.165) is 283 Å². The quantitative estimate of drug-likeness (QED) is 0.0121. The van der Waals surface area contributed by atoms with Gasteiger partial charge in [-0.25, -0.2) is 0 Å². The van der Waals surface area contributed by atoms with Crippen molar-refractivity contribution >= 4 is 49.8 Å². The number of rotatable bonds is 90. The Balaban J connectivity index is 0.0000966. The van der Waals surface area contributed by atoms with Crippen molar-refractivity contribution in [3.63, 3.8) is 0 Å². The maximum absolute atomic E-state index is 15.8. The van der Waals surface area contributed by atoms with Gasteiger partial charge >= 0.3 is 38.0 Å². The van der Waals surface area contributed by atoms with Crippen LogP contribution in [0.25, 0.3) is 0 Å². The first-order chi connectivity index (χ1) is 66.1. The van der Waals surface area contributed by atoms with E-state index in [9.17, 15) is 54.3 Å². The molecular weight excluding hydrogens is 1770 g/mol. The molecule has 2 aliphatic rings. The van der Waals surface area contributed by atoms with Gasteiger partial charge in [-0.15, -0.1) is 0 Å². The van der Waals surface area contributed by atoms with Crippen LogP contribution < -0.4 is 15.5 Å². The first kappa shape index (κ1) is 130. The van der Waals surface area contributed by atoms with E-state index in [4.69, 9.17) is 42.4 Å². The van der Waals surface area contributed by atoms with Crippen LogP contribution in [-0.4, -0.2) is 170 Å². The lowest BCUT2D eigenvalue weighted by Crippen LogP contribution is -2.75. The summed E-state index contributed by atoms with van der Waals surface area (Å²) in [4.78, 5) is 140. The molecule has 2 aliphatic heterocycles. The fourth-order valence-electron chi connectivity index (χ4n) is 19.7. The van der Waals surface area contributed by atoms with Gasteiger partial charge in [-0.3, -0.25) is 33.6 Å². The molecule has 26 heteroatoms. The van der Waals surface area contributed by atoms with Crippen LogP contribution in [0, 0.1) is 41.4 Å². The highest BCUT2D eigenvalue weighted by Crippen LogP contribution is 2.48. The van der Waals surface area contributed by atoms with Gasteiger partial charge in [-0.1, -0.05) is 450 Å². The molecule has 2 heterocycles. The van der Waals surface area contributed by atoms with Crippen molar-refractivity contribution in [1.82, 2.24) is 10.6 Å². The number of carbonyl (C=O) groups is 7. The second kappa shape index (κ2) is 79.5. The molecule has 2 fully saturated rings. The molecule has 25 nitrogen and oxygen atoms in total. The van der Waals surface area contributed by atoms with Crippen LogP contribution in [0.4, 0.5) is 0 Å². The molecule has 0 spiro atoms. The fourth-order valence-corrected chi connectivity index (χ4v) is 20.2. The van der Waals surface area contributed by atoms with Gasteiger partial charge in [0.25, 0.3) is 0 Å². The van der Waals surface area contributed by atoms with Crippen LogP contribution in [0.3, 0.4) is 0 Å². The lowest BCUT2D eigenvalue weighted by atomic mass is 9.83. The molecule has 21 unspecified atom stereocenters. The summed E-state index contributed by atoms with van der Waals surface area (Å²) in [5.41, 5.74) is -4.61. The number of phosphoric acid groups is 1. The van der Waals surface area contributed by atoms with Gasteiger partial charge in [0.05, 0.1) is 62.8 Å². The first-order valence-corrected chi connectivity index (χ1v) is 58.6. The van der Waals surface area contributed by atoms with Crippen LogP contribution >= 0.6 is 8.17 Å². The second-order valence-corrected chi connectivity index (χ2v) is 44.2. The fraction of sp³-hybridized carbons (Fsp3) is 0.938.